The number of nitrogens with one attached hydrogen (secondary N) is 1. The van der Waals surface area contributed by atoms with Crippen LogP contribution in [-0.2, 0) is 11.3 Å². The number of carbonyl (C=O) groups excluding carboxylic acids is 1. The van der Waals surface area contributed by atoms with Crippen LogP contribution >= 0.6 is 22.7 Å². The number of rotatable bonds is 6. The van der Waals surface area contributed by atoms with E-state index in [-0.39, 0.29) is 5.57 Å². The Bertz CT molecular complexity index is 1490. The number of aromatic nitrogens is 2. The molecule has 3 aromatic heterocycles. The SMILES string of the molecule is N#CC(=Cc1cn(Cc2ccccc2)c2ccccc12)C(=O)Nc1nc(-c2cccs2)cs1. The van der Waals surface area contributed by atoms with Crippen LogP contribution in [-0.4, -0.2) is 15.5 Å². The molecular formula is C26H18N4OS2. The lowest BCUT2D eigenvalue weighted by Crippen LogP contribution is -2.13. The predicted octanol–water partition coefficient (Wildman–Crippen LogP) is 6.42. The summed E-state index contributed by atoms with van der Waals surface area (Å²) in [6.45, 7) is 0.702. The van der Waals surface area contributed by atoms with Crippen LogP contribution in [0.5, 0.6) is 0 Å². The minimum absolute atomic E-state index is 0.0329. The van der Waals surface area contributed by atoms with Gasteiger partial charge in [0.25, 0.3) is 5.91 Å². The van der Waals surface area contributed by atoms with E-state index < -0.39 is 5.91 Å². The van der Waals surface area contributed by atoms with Crippen molar-refractivity contribution in [3.8, 4) is 16.6 Å². The zero-order chi connectivity index (χ0) is 22.6. The molecule has 0 spiro atoms. The number of fused-ring (bicyclic) bond motifs is 1. The van der Waals surface area contributed by atoms with E-state index >= 15 is 0 Å². The number of nitrogens with zero attached hydrogens (tertiary/aromatic N) is 3. The number of amides is 1. The number of anilines is 1. The van der Waals surface area contributed by atoms with Gasteiger partial charge >= 0.3 is 0 Å². The first-order valence-corrected chi connectivity index (χ1v) is 12.0. The molecule has 1 N–H and O–H groups in total. The third-order valence-electron chi connectivity index (χ3n) is 5.18. The lowest BCUT2D eigenvalue weighted by molar-refractivity contribution is -0.112. The van der Waals surface area contributed by atoms with Crippen LogP contribution in [0.25, 0.3) is 27.6 Å². The third-order valence-corrected chi connectivity index (χ3v) is 6.83. The minimum atomic E-state index is -0.468. The fourth-order valence-corrected chi connectivity index (χ4v) is 5.10. The van der Waals surface area contributed by atoms with Gasteiger partial charge in [-0.25, -0.2) is 4.98 Å². The lowest BCUT2D eigenvalue weighted by Gasteiger charge is -2.05. The standard InChI is InChI=1S/C26H18N4OS2/c27-14-19(25(31)29-26-28-22(17-33-26)24-11-6-12-32-24)13-20-16-30(15-18-7-2-1-3-8-18)23-10-5-4-9-21(20)23/h1-13,16-17H,15H2,(H,28,29,31). The molecule has 0 aliphatic rings. The second kappa shape index (κ2) is 9.25. The fraction of sp³-hybridized carbons (Fsp3) is 0.0385. The molecule has 0 aliphatic heterocycles. The third kappa shape index (κ3) is 4.48. The van der Waals surface area contributed by atoms with Gasteiger partial charge in [-0.05, 0) is 29.2 Å². The van der Waals surface area contributed by atoms with Gasteiger partial charge in [0.05, 0.1) is 10.6 Å². The van der Waals surface area contributed by atoms with Crippen molar-refractivity contribution in [3.63, 3.8) is 0 Å². The Morgan fingerprint density at radius 2 is 1.88 bits per heavy atom. The van der Waals surface area contributed by atoms with Gasteiger partial charge in [-0.15, -0.1) is 22.7 Å². The van der Waals surface area contributed by atoms with E-state index in [4.69, 9.17) is 0 Å². The van der Waals surface area contributed by atoms with E-state index in [1.54, 1.807) is 17.4 Å². The van der Waals surface area contributed by atoms with Crippen molar-refractivity contribution in [3.05, 3.63) is 100 Å². The number of thiazole rings is 1. The zero-order valence-corrected chi connectivity index (χ0v) is 19.1. The molecule has 5 aromatic rings. The van der Waals surface area contributed by atoms with Gasteiger partial charge in [0.1, 0.15) is 11.6 Å². The number of hydrogen-bond donors (Lipinski definition) is 1. The number of nitriles is 1. The molecule has 5 rings (SSSR count). The van der Waals surface area contributed by atoms with Crippen LogP contribution in [0.1, 0.15) is 11.1 Å². The second-order valence-corrected chi connectivity index (χ2v) is 9.16. The van der Waals surface area contributed by atoms with E-state index in [2.05, 4.69) is 27.0 Å². The Balaban J connectivity index is 1.43. The summed E-state index contributed by atoms with van der Waals surface area (Å²) in [5.74, 6) is -0.468. The molecular weight excluding hydrogens is 448 g/mol. The normalized spacial score (nSPS) is 11.4. The van der Waals surface area contributed by atoms with Gasteiger partial charge in [-0.2, -0.15) is 5.26 Å². The molecule has 0 aliphatic carbocycles. The Morgan fingerprint density at radius 1 is 1.06 bits per heavy atom. The molecule has 2 aromatic carbocycles. The van der Waals surface area contributed by atoms with Gasteiger partial charge in [-0.3, -0.25) is 10.1 Å². The Labute approximate surface area is 198 Å². The lowest BCUT2D eigenvalue weighted by atomic mass is 10.1. The molecule has 5 nitrogen and oxygen atoms in total. The first kappa shape index (κ1) is 20.9. The zero-order valence-electron chi connectivity index (χ0n) is 17.4. The molecule has 0 bridgehead atoms. The van der Waals surface area contributed by atoms with Gasteiger partial charge in [0, 0.05) is 34.6 Å². The van der Waals surface area contributed by atoms with Crippen molar-refractivity contribution in [2.75, 3.05) is 5.32 Å². The maximum atomic E-state index is 12.8. The van der Waals surface area contributed by atoms with E-state index in [1.807, 2.05) is 77.6 Å². The van der Waals surface area contributed by atoms with Crippen LogP contribution in [0, 0.1) is 11.3 Å². The summed E-state index contributed by atoms with van der Waals surface area (Å²) < 4.78 is 2.14. The van der Waals surface area contributed by atoms with Crippen molar-refractivity contribution in [1.29, 1.82) is 5.26 Å². The Kier molecular flexibility index (Phi) is 5.85. The molecule has 0 unspecified atom stereocenters. The second-order valence-electron chi connectivity index (χ2n) is 7.35. The maximum absolute atomic E-state index is 12.8. The Morgan fingerprint density at radius 3 is 2.67 bits per heavy atom. The van der Waals surface area contributed by atoms with Crippen molar-refractivity contribution in [1.82, 2.24) is 9.55 Å². The molecule has 3 heterocycles. The highest BCUT2D eigenvalue weighted by Gasteiger charge is 2.15. The Hall–Kier alpha value is -3.99. The monoisotopic (exact) mass is 466 g/mol. The van der Waals surface area contributed by atoms with E-state index in [1.165, 1.54) is 16.9 Å². The molecule has 33 heavy (non-hydrogen) atoms. The number of carbonyl (C=O) groups is 1. The predicted molar refractivity (Wildman–Crippen MR) is 135 cm³/mol. The van der Waals surface area contributed by atoms with Gasteiger partial charge in [0.15, 0.2) is 5.13 Å². The first-order valence-electron chi connectivity index (χ1n) is 10.3. The molecule has 0 saturated carbocycles. The van der Waals surface area contributed by atoms with E-state index in [0.717, 1.165) is 27.0 Å². The smallest absolute Gasteiger partial charge is 0.268 e. The average Bonchev–Trinajstić information content (AvgIpc) is 3.59. The topological polar surface area (TPSA) is 70.7 Å². The van der Waals surface area contributed by atoms with Crippen molar-refractivity contribution in [2.45, 2.75) is 6.54 Å². The first-order chi connectivity index (χ1) is 16.2. The number of thiophene rings is 1. The molecule has 0 fully saturated rings. The molecule has 0 saturated heterocycles. The summed E-state index contributed by atoms with van der Waals surface area (Å²) in [5.41, 5.74) is 3.90. The number of para-hydroxylation sites is 1. The summed E-state index contributed by atoms with van der Waals surface area (Å²) in [6.07, 6.45) is 3.63. The van der Waals surface area contributed by atoms with E-state index in [0.29, 0.717) is 11.7 Å². The van der Waals surface area contributed by atoms with E-state index in [9.17, 15) is 10.1 Å². The summed E-state index contributed by atoms with van der Waals surface area (Å²) in [6, 6.07) is 24.2. The van der Waals surface area contributed by atoms with Crippen LogP contribution < -0.4 is 5.32 Å². The highest BCUT2D eigenvalue weighted by atomic mass is 32.1. The number of hydrogen-bond acceptors (Lipinski definition) is 5. The van der Waals surface area contributed by atoms with Gasteiger partial charge in [-0.1, -0.05) is 54.6 Å². The fourth-order valence-electron chi connectivity index (χ4n) is 3.64. The largest absolute Gasteiger partial charge is 0.342 e. The molecule has 0 atom stereocenters. The van der Waals surface area contributed by atoms with Gasteiger partial charge < -0.3 is 4.57 Å². The van der Waals surface area contributed by atoms with Crippen LogP contribution in [0.2, 0.25) is 0 Å². The minimum Gasteiger partial charge on any atom is -0.342 e. The van der Waals surface area contributed by atoms with Gasteiger partial charge in [0.2, 0.25) is 0 Å². The summed E-state index contributed by atoms with van der Waals surface area (Å²) >= 11 is 2.93. The highest BCUT2D eigenvalue weighted by Crippen LogP contribution is 2.29. The molecule has 160 valence electrons. The molecule has 0 radical (unpaired) electrons. The summed E-state index contributed by atoms with van der Waals surface area (Å²) in [7, 11) is 0. The summed E-state index contributed by atoms with van der Waals surface area (Å²) in [4.78, 5) is 18.3. The van der Waals surface area contributed by atoms with Crippen LogP contribution in [0.15, 0.2) is 89.3 Å². The quantitative estimate of drug-likeness (QED) is 0.232. The van der Waals surface area contributed by atoms with Crippen LogP contribution in [0.3, 0.4) is 0 Å². The highest BCUT2D eigenvalue weighted by molar-refractivity contribution is 7.16. The molecule has 7 heteroatoms. The maximum Gasteiger partial charge on any atom is 0.268 e. The number of benzene rings is 2. The molecule has 1 amide bonds. The average molecular weight is 467 g/mol. The van der Waals surface area contributed by atoms with Crippen molar-refractivity contribution >= 4 is 50.7 Å². The van der Waals surface area contributed by atoms with Crippen LogP contribution in [0.4, 0.5) is 5.13 Å². The van der Waals surface area contributed by atoms with Crippen molar-refractivity contribution < 1.29 is 4.79 Å². The van der Waals surface area contributed by atoms with Crippen molar-refractivity contribution in [2.24, 2.45) is 0 Å². The summed E-state index contributed by atoms with van der Waals surface area (Å²) in [5, 5.41) is 17.8.